The van der Waals surface area contributed by atoms with E-state index >= 15 is 0 Å². The minimum atomic E-state index is 0.0694. The van der Waals surface area contributed by atoms with Gasteiger partial charge in [-0.1, -0.05) is 36.4 Å². The van der Waals surface area contributed by atoms with E-state index in [1.54, 1.807) is 0 Å². The highest BCUT2D eigenvalue weighted by molar-refractivity contribution is 6.00. The maximum Gasteiger partial charge on any atom is 0.270 e. The predicted octanol–water partition coefficient (Wildman–Crippen LogP) is 5.08. The van der Waals surface area contributed by atoms with E-state index in [0.29, 0.717) is 31.9 Å². The average molecular weight is 512 g/mol. The first-order valence-corrected chi connectivity index (χ1v) is 13.3. The van der Waals surface area contributed by atoms with Crippen LogP contribution in [0, 0.1) is 6.92 Å². The highest BCUT2D eigenvalue weighted by atomic mass is 16.7. The highest BCUT2D eigenvalue weighted by Crippen LogP contribution is 2.33. The summed E-state index contributed by atoms with van der Waals surface area (Å²) in [6.45, 7) is 9.45. The molecule has 7 heteroatoms. The molecule has 1 saturated heterocycles. The van der Waals surface area contributed by atoms with Crippen LogP contribution < -0.4 is 14.2 Å². The van der Waals surface area contributed by atoms with E-state index < -0.39 is 0 Å². The minimum absolute atomic E-state index is 0.0694. The molecule has 0 aliphatic carbocycles. The molecule has 38 heavy (non-hydrogen) atoms. The summed E-state index contributed by atoms with van der Waals surface area (Å²) in [4.78, 5) is 18.3. The molecule has 0 N–H and O–H groups in total. The molecule has 2 aliphatic rings. The summed E-state index contributed by atoms with van der Waals surface area (Å²) >= 11 is 0. The number of rotatable bonds is 7. The molecule has 7 nitrogen and oxygen atoms in total. The van der Waals surface area contributed by atoms with Gasteiger partial charge in [-0.05, 0) is 60.9 Å². The average Bonchev–Trinajstić information content (AvgIpc) is 3.55. The number of benzene rings is 3. The topological polar surface area (TPSA) is 56.2 Å². The maximum absolute atomic E-state index is 13.9. The van der Waals surface area contributed by atoms with Crippen LogP contribution >= 0.6 is 0 Å². The smallest absolute Gasteiger partial charge is 0.270 e. The fourth-order valence-corrected chi connectivity index (χ4v) is 5.41. The van der Waals surface area contributed by atoms with Gasteiger partial charge in [0.2, 0.25) is 6.79 Å². The quantitative estimate of drug-likeness (QED) is 0.346. The number of aromatic nitrogens is 1. The van der Waals surface area contributed by atoms with Crippen molar-refractivity contribution in [3.63, 3.8) is 0 Å². The summed E-state index contributed by atoms with van der Waals surface area (Å²) < 4.78 is 19.0. The van der Waals surface area contributed by atoms with Gasteiger partial charge in [0.1, 0.15) is 11.4 Å². The lowest BCUT2D eigenvalue weighted by atomic mass is 10.1. The second kappa shape index (κ2) is 10.4. The lowest BCUT2D eigenvalue weighted by molar-refractivity contribution is 0.0619. The Morgan fingerprint density at radius 2 is 1.71 bits per heavy atom. The minimum Gasteiger partial charge on any atom is -0.493 e. The number of carbonyl (C=O) groups is 1. The van der Waals surface area contributed by atoms with Crippen molar-refractivity contribution in [1.82, 2.24) is 14.4 Å². The number of nitrogens with zero attached hydrogens (tertiary/aromatic N) is 3. The summed E-state index contributed by atoms with van der Waals surface area (Å²) in [5.74, 6) is 2.50. The highest BCUT2D eigenvalue weighted by Gasteiger charge is 2.27. The summed E-state index contributed by atoms with van der Waals surface area (Å²) in [7, 11) is 0. The van der Waals surface area contributed by atoms with Gasteiger partial charge in [-0.15, -0.1) is 0 Å². The molecule has 0 unspecified atom stereocenters. The van der Waals surface area contributed by atoms with Crippen LogP contribution in [-0.4, -0.2) is 59.9 Å². The number of fused-ring (bicyclic) bond motifs is 2. The molecule has 0 saturated carbocycles. The Bertz CT molecular complexity index is 1470. The molecular formula is C31H33N3O4. The fraction of sp³-hybridized carbons (Fsp3) is 0.323. The van der Waals surface area contributed by atoms with Crippen molar-refractivity contribution < 1.29 is 19.0 Å². The maximum atomic E-state index is 13.9. The Kier molecular flexibility index (Phi) is 6.68. The van der Waals surface area contributed by atoms with Gasteiger partial charge in [0, 0.05) is 44.7 Å². The lowest BCUT2D eigenvalue weighted by Crippen LogP contribution is -2.48. The first kappa shape index (κ1) is 24.4. The molecule has 1 aromatic heterocycles. The molecule has 1 amide bonds. The van der Waals surface area contributed by atoms with Crippen molar-refractivity contribution in [1.29, 1.82) is 0 Å². The normalized spacial score (nSPS) is 15.3. The number of amides is 1. The monoisotopic (exact) mass is 511 g/mol. The van der Waals surface area contributed by atoms with Crippen molar-refractivity contribution in [2.75, 3.05) is 39.6 Å². The molecule has 0 spiro atoms. The fourth-order valence-electron chi connectivity index (χ4n) is 5.41. The lowest BCUT2D eigenvalue weighted by Gasteiger charge is -2.35. The van der Waals surface area contributed by atoms with Gasteiger partial charge >= 0.3 is 0 Å². The van der Waals surface area contributed by atoms with Crippen LogP contribution in [0.2, 0.25) is 0 Å². The zero-order valence-corrected chi connectivity index (χ0v) is 22.0. The van der Waals surface area contributed by atoms with Crippen molar-refractivity contribution in [2.45, 2.75) is 26.9 Å². The molecule has 1 fully saturated rings. The van der Waals surface area contributed by atoms with Gasteiger partial charge in [-0.3, -0.25) is 9.69 Å². The van der Waals surface area contributed by atoms with Crippen LogP contribution in [0.15, 0.2) is 66.7 Å². The summed E-state index contributed by atoms with van der Waals surface area (Å²) in [5.41, 5.74) is 5.33. The van der Waals surface area contributed by atoms with Gasteiger partial charge in [-0.25, -0.2) is 0 Å². The van der Waals surface area contributed by atoms with E-state index in [0.717, 1.165) is 47.8 Å². The summed E-state index contributed by atoms with van der Waals surface area (Å²) in [5, 5.41) is 0.979. The van der Waals surface area contributed by atoms with Gasteiger partial charge in [0.05, 0.1) is 12.1 Å². The van der Waals surface area contributed by atoms with Crippen LogP contribution in [0.3, 0.4) is 0 Å². The molecule has 0 radical (unpaired) electrons. The molecule has 3 heterocycles. The molecule has 3 aromatic carbocycles. The molecule has 2 aliphatic heterocycles. The molecule has 0 bridgehead atoms. The van der Waals surface area contributed by atoms with E-state index in [-0.39, 0.29) is 12.7 Å². The van der Waals surface area contributed by atoms with E-state index in [4.69, 9.17) is 14.2 Å². The predicted molar refractivity (Wildman–Crippen MR) is 147 cm³/mol. The number of carbonyl (C=O) groups excluding carboxylic acids is 1. The Hall–Kier alpha value is -3.97. The van der Waals surface area contributed by atoms with Crippen LogP contribution in [-0.2, 0) is 13.1 Å². The second-order valence-electron chi connectivity index (χ2n) is 9.92. The Morgan fingerprint density at radius 3 is 2.53 bits per heavy atom. The van der Waals surface area contributed by atoms with Crippen molar-refractivity contribution in [3.8, 4) is 17.2 Å². The van der Waals surface area contributed by atoms with Gasteiger partial charge in [0.15, 0.2) is 11.5 Å². The number of ether oxygens (including phenoxy) is 3. The van der Waals surface area contributed by atoms with Crippen LogP contribution in [0.5, 0.6) is 17.2 Å². The van der Waals surface area contributed by atoms with Crippen molar-refractivity contribution in [2.24, 2.45) is 0 Å². The summed E-state index contributed by atoms with van der Waals surface area (Å²) in [6.07, 6.45) is 0. The molecule has 6 rings (SSSR count). The molecule has 4 aromatic rings. The van der Waals surface area contributed by atoms with Crippen LogP contribution in [0.4, 0.5) is 0 Å². The largest absolute Gasteiger partial charge is 0.493 e. The Labute approximate surface area is 223 Å². The van der Waals surface area contributed by atoms with E-state index in [9.17, 15) is 4.79 Å². The zero-order valence-electron chi connectivity index (χ0n) is 22.0. The number of hydrogen-bond donors (Lipinski definition) is 0. The van der Waals surface area contributed by atoms with Crippen molar-refractivity contribution in [3.05, 3.63) is 89.1 Å². The van der Waals surface area contributed by atoms with Gasteiger partial charge in [0.25, 0.3) is 5.91 Å². The molecule has 0 atom stereocenters. The van der Waals surface area contributed by atoms with Gasteiger partial charge in [-0.2, -0.15) is 0 Å². The SMILES string of the molecule is CCOc1cccc2c1cc(C(=O)N1CCN(Cc3ccc4c(c3)OCO4)CC1)n2Cc1ccccc1C. The Balaban J connectivity index is 1.23. The Morgan fingerprint density at radius 1 is 0.895 bits per heavy atom. The van der Waals surface area contributed by atoms with E-state index in [1.165, 1.54) is 16.7 Å². The van der Waals surface area contributed by atoms with E-state index in [1.807, 2.05) is 36.1 Å². The third kappa shape index (κ3) is 4.70. The summed E-state index contributed by atoms with van der Waals surface area (Å²) in [6, 6.07) is 22.6. The third-order valence-corrected chi connectivity index (χ3v) is 7.52. The first-order valence-electron chi connectivity index (χ1n) is 13.3. The number of aryl methyl sites for hydroxylation is 1. The third-order valence-electron chi connectivity index (χ3n) is 7.52. The van der Waals surface area contributed by atoms with Crippen LogP contribution in [0.1, 0.15) is 34.1 Å². The molecular weight excluding hydrogens is 478 g/mol. The molecule has 196 valence electrons. The van der Waals surface area contributed by atoms with Crippen LogP contribution in [0.25, 0.3) is 10.9 Å². The van der Waals surface area contributed by atoms with E-state index in [2.05, 4.69) is 58.9 Å². The first-order chi connectivity index (χ1) is 18.6. The second-order valence-corrected chi connectivity index (χ2v) is 9.92. The standard InChI is InChI=1S/C31H33N3O4/c1-3-36-28-10-6-9-26-25(28)18-27(34(26)20-24-8-5-4-7-22(24)2)31(35)33-15-13-32(14-16-33)19-23-11-12-29-30(17-23)38-21-37-29/h4-12,17-18H,3,13-16,19-21H2,1-2H3. The number of piperazine rings is 1. The van der Waals surface area contributed by atoms with Crippen molar-refractivity contribution >= 4 is 16.8 Å². The van der Waals surface area contributed by atoms with Gasteiger partial charge < -0.3 is 23.7 Å². The number of hydrogen-bond acceptors (Lipinski definition) is 5. The zero-order chi connectivity index (χ0) is 26.1.